The standard InChI is InChI=1S/C13H14FN3O2S/c1-2-17(12-6-4-3-5-10(12)14)20(18,19)13-9-16-8-7-11(13)15/h3-9H,2H2,1H3,(H2,15,16). The number of anilines is 2. The molecule has 0 amide bonds. The molecule has 0 saturated carbocycles. The highest BCUT2D eigenvalue weighted by molar-refractivity contribution is 7.93. The number of aromatic nitrogens is 1. The Bertz CT molecular complexity index is 719. The number of benzene rings is 1. The number of rotatable bonds is 4. The second kappa shape index (κ2) is 5.46. The molecule has 0 fully saturated rings. The molecule has 106 valence electrons. The van der Waals surface area contributed by atoms with Crippen molar-refractivity contribution in [1.82, 2.24) is 4.98 Å². The Morgan fingerprint density at radius 1 is 1.30 bits per heavy atom. The summed E-state index contributed by atoms with van der Waals surface area (Å²) in [6.07, 6.45) is 2.56. The predicted octanol–water partition coefficient (Wildman–Crippen LogP) is 2.02. The third kappa shape index (κ3) is 2.44. The Kier molecular flexibility index (Phi) is 3.89. The van der Waals surface area contributed by atoms with Crippen molar-refractivity contribution < 1.29 is 12.8 Å². The summed E-state index contributed by atoms with van der Waals surface area (Å²) in [5.41, 5.74) is 5.74. The van der Waals surface area contributed by atoms with E-state index in [9.17, 15) is 12.8 Å². The molecular formula is C13H14FN3O2S. The summed E-state index contributed by atoms with van der Waals surface area (Å²) < 4.78 is 39.9. The number of hydrogen-bond acceptors (Lipinski definition) is 4. The monoisotopic (exact) mass is 295 g/mol. The fourth-order valence-electron chi connectivity index (χ4n) is 1.85. The highest BCUT2D eigenvalue weighted by atomic mass is 32.2. The topological polar surface area (TPSA) is 76.3 Å². The Labute approximate surface area is 116 Å². The van der Waals surface area contributed by atoms with Crippen molar-refractivity contribution in [3.8, 4) is 0 Å². The molecule has 0 aliphatic rings. The Morgan fingerprint density at radius 2 is 2.00 bits per heavy atom. The molecule has 5 nitrogen and oxygen atoms in total. The first-order valence-corrected chi connectivity index (χ1v) is 7.39. The number of hydrogen-bond donors (Lipinski definition) is 1. The van der Waals surface area contributed by atoms with E-state index in [1.54, 1.807) is 13.0 Å². The summed E-state index contributed by atoms with van der Waals surface area (Å²) in [5.74, 6) is -0.611. The fourth-order valence-corrected chi connectivity index (χ4v) is 3.39. The lowest BCUT2D eigenvalue weighted by atomic mass is 10.3. The average Bonchev–Trinajstić information content (AvgIpc) is 2.42. The molecule has 0 unspecified atom stereocenters. The zero-order valence-electron chi connectivity index (χ0n) is 10.8. The van der Waals surface area contributed by atoms with E-state index in [2.05, 4.69) is 4.98 Å². The molecule has 2 rings (SSSR count). The van der Waals surface area contributed by atoms with Crippen LogP contribution in [0.15, 0.2) is 47.6 Å². The van der Waals surface area contributed by atoms with Gasteiger partial charge in [-0.1, -0.05) is 12.1 Å². The summed E-state index contributed by atoms with van der Waals surface area (Å²) in [6.45, 7) is 1.70. The molecule has 7 heteroatoms. The highest BCUT2D eigenvalue weighted by Crippen LogP contribution is 2.27. The van der Waals surface area contributed by atoms with Gasteiger partial charge in [0.1, 0.15) is 10.7 Å². The zero-order valence-corrected chi connectivity index (χ0v) is 11.6. The van der Waals surface area contributed by atoms with Crippen molar-refractivity contribution in [2.75, 3.05) is 16.6 Å². The lowest BCUT2D eigenvalue weighted by molar-refractivity contribution is 0.586. The molecule has 0 aliphatic carbocycles. The van der Waals surface area contributed by atoms with Crippen molar-refractivity contribution in [2.45, 2.75) is 11.8 Å². The van der Waals surface area contributed by atoms with Crippen LogP contribution in [-0.4, -0.2) is 19.9 Å². The smallest absolute Gasteiger partial charge is 0.268 e. The number of pyridine rings is 1. The molecular weight excluding hydrogens is 281 g/mol. The Hall–Kier alpha value is -2.15. The Balaban J connectivity index is 2.58. The van der Waals surface area contributed by atoms with Crippen molar-refractivity contribution in [3.05, 3.63) is 48.5 Å². The molecule has 1 aromatic heterocycles. The van der Waals surface area contributed by atoms with E-state index in [1.165, 1.54) is 30.5 Å². The maximum absolute atomic E-state index is 13.8. The van der Waals surface area contributed by atoms with Crippen LogP contribution in [0.2, 0.25) is 0 Å². The van der Waals surface area contributed by atoms with Gasteiger partial charge in [0.2, 0.25) is 0 Å². The van der Waals surface area contributed by atoms with E-state index in [0.717, 1.165) is 10.5 Å². The van der Waals surface area contributed by atoms with E-state index in [0.29, 0.717) is 0 Å². The molecule has 0 aliphatic heterocycles. The number of sulfonamides is 1. The van der Waals surface area contributed by atoms with Gasteiger partial charge in [0.05, 0.1) is 11.4 Å². The molecule has 2 N–H and O–H groups in total. The van der Waals surface area contributed by atoms with Gasteiger partial charge in [-0.25, -0.2) is 12.8 Å². The number of nitrogen functional groups attached to an aromatic ring is 1. The molecule has 0 radical (unpaired) electrons. The second-order valence-electron chi connectivity index (χ2n) is 4.03. The van der Waals surface area contributed by atoms with Gasteiger partial charge >= 0.3 is 0 Å². The minimum Gasteiger partial charge on any atom is -0.398 e. The third-order valence-corrected chi connectivity index (χ3v) is 4.72. The molecule has 1 aromatic carbocycles. The van der Waals surface area contributed by atoms with Gasteiger partial charge < -0.3 is 5.73 Å². The summed E-state index contributed by atoms with van der Waals surface area (Å²) in [5, 5.41) is 0. The van der Waals surface area contributed by atoms with Gasteiger partial charge in [-0.3, -0.25) is 9.29 Å². The van der Waals surface area contributed by atoms with Crippen molar-refractivity contribution >= 4 is 21.4 Å². The van der Waals surface area contributed by atoms with E-state index in [-0.39, 0.29) is 22.8 Å². The van der Waals surface area contributed by atoms with E-state index in [1.807, 2.05) is 0 Å². The molecule has 2 aromatic rings. The van der Waals surface area contributed by atoms with E-state index < -0.39 is 15.8 Å². The SMILES string of the molecule is CCN(c1ccccc1F)S(=O)(=O)c1cnccc1N. The lowest BCUT2D eigenvalue weighted by Crippen LogP contribution is -2.32. The van der Waals surface area contributed by atoms with Crippen molar-refractivity contribution in [2.24, 2.45) is 0 Å². The summed E-state index contributed by atoms with van der Waals surface area (Å²) in [4.78, 5) is 3.63. The second-order valence-corrected chi connectivity index (χ2v) is 5.87. The van der Waals surface area contributed by atoms with Crippen LogP contribution in [0.25, 0.3) is 0 Å². The van der Waals surface area contributed by atoms with Crippen LogP contribution in [0.3, 0.4) is 0 Å². The predicted molar refractivity (Wildman–Crippen MR) is 75.3 cm³/mol. The third-order valence-electron chi connectivity index (χ3n) is 2.79. The van der Waals surface area contributed by atoms with Crippen LogP contribution in [-0.2, 0) is 10.0 Å². The van der Waals surface area contributed by atoms with Crippen LogP contribution in [0.5, 0.6) is 0 Å². The molecule has 0 bridgehead atoms. The first-order chi connectivity index (χ1) is 9.48. The quantitative estimate of drug-likeness (QED) is 0.936. The largest absolute Gasteiger partial charge is 0.398 e. The van der Waals surface area contributed by atoms with E-state index in [4.69, 9.17) is 5.73 Å². The first kappa shape index (κ1) is 14.3. The summed E-state index contributed by atoms with van der Waals surface area (Å²) >= 11 is 0. The minimum atomic E-state index is -3.95. The molecule has 0 saturated heterocycles. The van der Waals surface area contributed by atoms with Crippen LogP contribution in [0.1, 0.15) is 6.92 Å². The fraction of sp³-hybridized carbons (Fsp3) is 0.154. The van der Waals surface area contributed by atoms with Crippen LogP contribution in [0, 0.1) is 5.82 Å². The number of halogens is 1. The number of nitrogens with two attached hydrogens (primary N) is 1. The normalized spacial score (nSPS) is 11.3. The summed E-state index contributed by atoms with van der Waals surface area (Å²) in [7, 11) is -3.95. The minimum absolute atomic E-state index is 0.0155. The maximum atomic E-state index is 13.8. The zero-order chi connectivity index (χ0) is 14.8. The lowest BCUT2D eigenvalue weighted by Gasteiger charge is -2.23. The molecule has 0 spiro atoms. The number of para-hydroxylation sites is 1. The molecule has 0 atom stereocenters. The van der Waals surface area contributed by atoms with Gasteiger partial charge in [-0.05, 0) is 25.1 Å². The van der Waals surface area contributed by atoms with Gasteiger partial charge in [-0.15, -0.1) is 0 Å². The van der Waals surface area contributed by atoms with Crippen LogP contribution >= 0.6 is 0 Å². The van der Waals surface area contributed by atoms with E-state index >= 15 is 0 Å². The molecule has 20 heavy (non-hydrogen) atoms. The van der Waals surface area contributed by atoms with Crippen LogP contribution < -0.4 is 10.0 Å². The first-order valence-electron chi connectivity index (χ1n) is 5.95. The van der Waals surface area contributed by atoms with Gasteiger partial charge in [0, 0.05) is 18.9 Å². The maximum Gasteiger partial charge on any atom is 0.268 e. The van der Waals surface area contributed by atoms with Crippen LogP contribution in [0.4, 0.5) is 15.8 Å². The Morgan fingerprint density at radius 3 is 2.60 bits per heavy atom. The number of nitrogens with zero attached hydrogens (tertiary/aromatic N) is 2. The van der Waals surface area contributed by atoms with Gasteiger partial charge in [0.15, 0.2) is 0 Å². The summed E-state index contributed by atoms with van der Waals surface area (Å²) in [6, 6.07) is 7.08. The van der Waals surface area contributed by atoms with Crippen molar-refractivity contribution in [3.63, 3.8) is 0 Å². The van der Waals surface area contributed by atoms with Gasteiger partial charge in [-0.2, -0.15) is 0 Å². The van der Waals surface area contributed by atoms with Crippen molar-refractivity contribution in [1.29, 1.82) is 0 Å². The average molecular weight is 295 g/mol. The highest BCUT2D eigenvalue weighted by Gasteiger charge is 2.27. The van der Waals surface area contributed by atoms with Gasteiger partial charge in [0.25, 0.3) is 10.0 Å². The molecule has 1 heterocycles.